The number of carboxylic acid groups (broad SMARTS) is 2. The number of nitrogens with one attached hydrogen (secondary N) is 2. The van der Waals surface area contributed by atoms with Crippen LogP contribution in [-0.2, 0) is 19.2 Å². The van der Waals surface area contributed by atoms with E-state index in [9.17, 15) is 19.2 Å². The molecule has 0 fully saturated rings. The lowest BCUT2D eigenvalue weighted by Crippen LogP contribution is -2.49. The van der Waals surface area contributed by atoms with Crippen LogP contribution in [0.1, 0.15) is 12.8 Å². The number of carbonyl (C=O) groups is 4. The number of amides is 2. The van der Waals surface area contributed by atoms with E-state index in [1.54, 1.807) is 0 Å². The summed E-state index contributed by atoms with van der Waals surface area (Å²) >= 11 is 3.87. The molecule has 122 valence electrons. The number of halogens is 1. The number of nitrogens with two attached hydrogens (primary N) is 1. The summed E-state index contributed by atoms with van der Waals surface area (Å²) in [6, 6.07) is -2.15. The molecule has 2 amide bonds. The Morgan fingerprint density at radius 2 is 1.76 bits per heavy atom. The summed E-state index contributed by atoms with van der Waals surface area (Å²) in [5.74, 6) is -3.70. The van der Waals surface area contributed by atoms with Crippen LogP contribution in [0.15, 0.2) is 0 Å². The molecule has 0 aromatic rings. The molecule has 6 N–H and O–H groups in total. The van der Waals surface area contributed by atoms with Gasteiger partial charge in [-0.2, -0.15) is 12.6 Å². The van der Waals surface area contributed by atoms with E-state index in [0.29, 0.717) is 0 Å². The lowest BCUT2D eigenvalue weighted by Gasteiger charge is -2.16. The molecule has 11 heteroatoms. The zero-order valence-corrected chi connectivity index (χ0v) is 12.7. The Bertz CT molecular complexity index is 395. The molecule has 21 heavy (non-hydrogen) atoms. The second kappa shape index (κ2) is 11.2. The van der Waals surface area contributed by atoms with Gasteiger partial charge in [0.1, 0.15) is 18.6 Å². The Morgan fingerprint density at radius 3 is 2.19 bits per heavy atom. The van der Waals surface area contributed by atoms with Gasteiger partial charge >= 0.3 is 11.9 Å². The second-order valence-corrected chi connectivity index (χ2v) is 4.26. The molecule has 0 unspecified atom stereocenters. The predicted molar refractivity (Wildman–Crippen MR) is 78.5 cm³/mol. The van der Waals surface area contributed by atoms with Crippen molar-refractivity contribution in [1.82, 2.24) is 10.6 Å². The third kappa shape index (κ3) is 9.93. The summed E-state index contributed by atoms with van der Waals surface area (Å²) in [4.78, 5) is 43.7. The van der Waals surface area contributed by atoms with Crippen LogP contribution in [0.2, 0.25) is 0 Å². The highest BCUT2D eigenvalue weighted by atomic mass is 35.5. The van der Waals surface area contributed by atoms with Gasteiger partial charge in [-0.25, -0.2) is 0 Å². The van der Waals surface area contributed by atoms with Gasteiger partial charge in [-0.15, -0.1) is 12.4 Å². The van der Waals surface area contributed by atoms with Crippen LogP contribution in [0.4, 0.5) is 0 Å². The van der Waals surface area contributed by atoms with E-state index in [0.717, 1.165) is 0 Å². The Morgan fingerprint density at radius 1 is 1.19 bits per heavy atom. The first-order valence-electron chi connectivity index (χ1n) is 5.66. The molecule has 0 saturated heterocycles. The average Bonchev–Trinajstić information content (AvgIpc) is 2.38. The highest BCUT2D eigenvalue weighted by Crippen LogP contribution is 1.97. The van der Waals surface area contributed by atoms with Crippen LogP contribution in [-0.4, -0.2) is 58.3 Å². The summed E-state index contributed by atoms with van der Waals surface area (Å²) in [6.07, 6.45) is -0.235. The van der Waals surface area contributed by atoms with Crippen molar-refractivity contribution >= 4 is 48.8 Å². The monoisotopic (exact) mass is 343 g/mol. The minimum absolute atomic E-state index is 0. The Labute approximate surface area is 132 Å². The van der Waals surface area contributed by atoms with E-state index in [2.05, 4.69) is 23.3 Å². The number of thiol groups is 1. The van der Waals surface area contributed by atoms with Crippen LogP contribution in [0.25, 0.3) is 0 Å². The summed E-state index contributed by atoms with van der Waals surface area (Å²) < 4.78 is 0. The molecule has 0 bridgehead atoms. The maximum atomic E-state index is 11.5. The van der Waals surface area contributed by atoms with Crippen molar-refractivity contribution in [3.05, 3.63) is 0 Å². The normalized spacial score (nSPS) is 12.5. The predicted octanol–water partition coefficient (Wildman–Crippen LogP) is -1.78. The van der Waals surface area contributed by atoms with E-state index in [1.807, 2.05) is 0 Å². The van der Waals surface area contributed by atoms with E-state index < -0.39 is 42.4 Å². The number of aliphatic carboxylic acids is 2. The Hall–Kier alpha value is -1.52. The molecule has 0 aliphatic heterocycles. The van der Waals surface area contributed by atoms with Gasteiger partial charge in [0.15, 0.2) is 0 Å². The van der Waals surface area contributed by atoms with Crippen molar-refractivity contribution in [3.63, 3.8) is 0 Å². The minimum Gasteiger partial charge on any atom is -0.480 e. The zero-order chi connectivity index (χ0) is 15.7. The first-order valence-corrected chi connectivity index (χ1v) is 6.29. The first-order chi connectivity index (χ1) is 9.27. The highest BCUT2D eigenvalue weighted by molar-refractivity contribution is 7.80. The molecule has 0 aliphatic rings. The molecule has 0 saturated carbocycles. The average molecular weight is 344 g/mol. The summed E-state index contributed by atoms with van der Waals surface area (Å²) in [5, 5.41) is 21.4. The molecule has 0 aromatic carbocycles. The first kappa shape index (κ1) is 21.8. The third-order valence-electron chi connectivity index (χ3n) is 2.25. The van der Waals surface area contributed by atoms with Gasteiger partial charge in [-0.1, -0.05) is 0 Å². The lowest BCUT2D eigenvalue weighted by atomic mass is 10.1. The molecule has 0 aliphatic carbocycles. The summed E-state index contributed by atoms with van der Waals surface area (Å²) in [7, 11) is 0. The number of rotatable bonds is 9. The second-order valence-electron chi connectivity index (χ2n) is 3.90. The van der Waals surface area contributed by atoms with E-state index in [4.69, 9.17) is 15.9 Å². The number of carboxylic acids is 2. The van der Waals surface area contributed by atoms with E-state index in [-0.39, 0.29) is 31.0 Å². The molecule has 0 rings (SSSR count). The molecule has 0 spiro atoms. The van der Waals surface area contributed by atoms with E-state index in [1.165, 1.54) is 0 Å². The van der Waals surface area contributed by atoms with Crippen molar-refractivity contribution in [2.24, 2.45) is 5.73 Å². The van der Waals surface area contributed by atoms with Crippen molar-refractivity contribution in [1.29, 1.82) is 0 Å². The fraction of sp³-hybridized carbons (Fsp3) is 0.600. The fourth-order valence-electron chi connectivity index (χ4n) is 1.16. The third-order valence-corrected chi connectivity index (χ3v) is 2.61. The molecule has 0 radical (unpaired) electrons. The smallest absolute Gasteiger partial charge is 0.322 e. The molecule has 9 nitrogen and oxygen atoms in total. The van der Waals surface area contributed by atoms with Crippen molar-refractivity contribution in [2.45, 2.75) is 24.9 Å². The number of hydrogen-bond acceptors (Lipinski definition) is 6. The van der Waals surface area contributed by atoms with Gasteiger partial charge in [0.25, 0.3) is 0 Å². The Kier molecular flexibility index (Phi) is 11.6. The molecule has 0 aromatic heterocycles. The summed E-state index contributed by atoms with van der Waals surface area (Å²) in [6.45, 7) is -0.567. The quantitative estimate of drug-likeness (QED) is 0.270. The van der Waals surface area contributed by atoms with Crippen molar-refractivity contribution < 1.29 is 29.4 Å². The van der Waals surface area contributed by atoms with Crippen LogP contribution >= 0.6 is 25.0 Å². The topological polar surface area (TPSA) is 159 Å². The molecule has 2 atom stereocenters. The molecular weight excluding hydrogens is 326 g/mol. The highest BCUT2D eigenvalue weighted by Gasteiger charge is 2.20. The number of hydrogen-bond donors (Lipinski definition) is 6. The van der Waals surface area contributed by atoms with Gasteiger partial charge in [-0.3, -0.25) is 19.2 Å². The molecule has 0 heterocycles. The lowest BCUT2D eigenvalue weighted by molar-refractivity contribution is -0.139. The van der Waals surface area contributed by atoms with Gasteiger partial charge in [0.2, 0.25) is 11.8 Å². The van der Waals surface area contributed by atoms with Gasteiger partial charge in [0.05, 0.1) is 0 Å². The van der Waals surface area contributed by atoms with E-state index >= 15 is 0 Å². The van der Waals surface area contributed by atoms with Gasteiger partial charge < -0.3 is 26.6 Å². The van der Waals surface area contributed by atoms with Crippen LogP contribution in [0.5, 0.6) is 0 Å². The largest absolute Gasteiger partial charge is 0.480 e. The van der Waals surface area contributed by atoms with Crippen LogP contribution in [0, 0.1) is 0 Å². The Balaban J connectivity index is 0. The van der Waals surface area contributed by atoms with Gasteiger partial charge in [-0.05, 0) is 6.42 Å². The summed E-state index contributed by atoms with van der Waals surface area (Å²) in [5.41, 5.74) is 5.23. The zero-order valence-electron chi connectivity index (χ0n) is 10.9. The SMILES string of the molecule is Cl.N[C@@H](CCC(=O)N[C@@H](CS)C(=O)NCC(=O)O)C(=O)O. The van der Waals surface area contributed by atoms with Crippen LogP contribution in [0.3, 0.4) is 0 Å². The fourth-order valence-corrected chi connectivity index (χ4v) is 1.41. The molecular formula is C10H18ClN3O6S. The van der Waals surface area contributed by atoms with Crippen molar-refractivity contribution in [2.75, 3.05) is 12.3 Å². The number of carbonyl (C=O) groups excluding carboxylic acids is 2. The van der Waals surface area contributed by atoms with Crippen LogP contribution < -0.4 is 16.4 Å². The maximum Gasteiger partial charge on any atom is 0.322 e. The van der Waals surface area contributed by atoms with Gasteiger partial charge in [0, 0.05) is 12.2 Å². The van der Waals surface area contributed by atoms with Crippen molar-refractivity contribution in [3.8, 4) is 0 Å². The minimum atomic E-state index is -1.22. The maximum absolute atomic E-state index is 11.5. The standard InChI is InChI=1S/C10H17N3O6S.ClH/c11-5(10(18)19)1-2-7(14)13-6(4-20)9(17)12-3-8(15)16;/h5-6,20H,1-4,11H2,(H,12,17)(H,13,14)(H,15,16)(H,18,19);1H/t5-,6-;/m0./s1.